The number of hydrogen-bond donors (Lipinski definition) is 0. The fraction of sp³-hybridized carbons (Fsp3) is 0.556. The fourth-order valence-electron chi connectivity index (χ4n) is 3.61. The maximum absolute atomic E-state index is 5.85. The molecule has 1 fully saturated rings. The Hall–Kier alpha value is -1.72. The Morgan fingerprint density at radius 2 is 2.00 bits per heavy atom. The van der Waals surface area contributed by atoms with E-state index < -0.39 is 0 Å². The van der Waals surface area contributed by atoms with Crippen LogP contribution in [0.15, 0.2) is 30.6 Å². The third-order valence-corrected chi connectivity index (χ3v) is 4.83. The first-order valence-electron chi connectivity index (χ1n) is 8.54. The first-order valence-corrected chi connectivity index (χ1v) is 8.54. The molecule has 5 nitrogen and oxygen atoms in total. The van der Waals surface area contributed by atoms with Crippen LogP contribution in [0.2, 0.25) is 0 Å². The van der Waals surface area contributed by atoms with Crippen molar-refractivity contribution in [1.82, 2.24) is 14.8 Å². The Kier molecular flexibility index (Phi) is 4.39. The van der Waals surface area contributed by atoms with Gasteiger partial charge in [0, 0.05) is 6.61 Å². The Bertz CT molecular complexity index is 624. The maximum atomic E-state index is 5.85. The van der Waals surface area contributed by atoms with Gasteiger partial charge in [0.15, 0.2) is 5.82 Å². The Morgan fingerprint density at radius 1 is 1.17 bits per heavy atom. The van der Waals surface area contributed by atoms with Crippen molar-refractivity contribution in [2.75, 3.05) is 13.2 Å². The van der Waals surface area contributed by atoms with Crippen LogP contribution in [0, 0.1) is 0 Å². The molecule has 2 aromatic rings. The largest absolute Gasteiger partial charge is 0.376 e. The van der Waals surface area contributed by atoms with Crippen LogP contribution >= 0.6 is 0 Å². The van der Waals surface area contributed by atoms with Crippen LogP contribution in [-0.4, -0.2) is 34.1 Å². The number of fused-ring (bicyclic) bond motifs is 1. The SMILES string of the molecule is c1ccc2c(c1)CC(n1ncnc1COC[C@@H]1CCCCO1)C2. The van der Waals surface area contributed by atoms with Gasteiger partial charge < -0.3 is 9.47 Å². The van der Waals surface area contributed by atoms with Crippen molar-refractivity contribution in [3.8, 4) is 0 Å². The highest BCUT2D eigenvalue weighted by molar-refractivity contribution is 5.32. The highest BCUT2D eigenvalue weighted by atomic mass is 16.5. The molecule has 2 heterocycles. The molecule has 0 unspecified atom stereocenters. The molecule has 1 aliphatic carbocycles. The van der Waals surface area contributed by atoms with Crippen molar-refractivity contribution >= 4 is 0 Å². The van der Waals surface area contributed by atoms with Gasteiger partial charge >= 0.3 is 0 Å². The van der Waals surface area contributed by atoms with E-state index in [2.05, 4.69) is 34.3 Å². The Morgan fingerprint density at radius 3 is 2.74 bits per heavy atom. The fourth-order valence-corrected chi connectivity index (χ4v) is 3.61. The second-order valence-corrected chi connectivity index (χ2v) is 6.46. The number of benzene rings is 1. The summed E-state index contributed by atoms with van der Waals surface area (Å²) in [6.45, 7) is 2.02. The minimum atomic E-state index is 0.246. The molecule has 1 saturated heterocycles. The summed E-state index contributed by atoms with van der Waals surface area (Å²) in [5, 5.41) is 4.44. The lowest BCUT2D eigenvalue weighted by atomic mass is 10.1. The van der Waals surface area contributed by atoms with Crippen molar-refractivity contribution < 1.29 is 9.47 Å². The van der Waals surface area contributed by atoms with Gasteiger partial charge in [0.25, 0.3) is 0 Å². The Balaban J connectivity index is 1.35. The molecule has 1 aliphatic heterocycles. The van der Waals surface area contributed by atoms with Crippen molar-refractivity contribution in [2.45, 2.75) is 50.9 Å². The average Bonchev–Trinajstić information content (AvgIpc) is 3.21. The molecule has 1 atom stereocenters. The van der Waals surface area contributed by atoms with Gasteiger partial charge in [-0.1, -0.05) is 24.3 Å². The van der Waals surface area contributed by atoms with E-state index in [1.807, 2.05) is 4.68 Å². The number of ether oxygens (including phenoxy) is 2. The molecule has 122 valence electrons. The van der Waals surface area contributed by atoms with E-state index in [1.165, 1.54) is 24.0 Å². The summed E-state index contributed by atoms with van der Waals surface area (Å²) in [7, 11) is 0. The molecule has 2 aliphatic rings. The van der Waals surface area contributed by atoms with Crippen molar-refractivity contribution in [3.63, 3.8) is 0 Å². The topological polar surface area (TPSA) is 49.2 Å². The molecule has 23 heavy (non-hydrogen) atoms. The van der Waals surface area contributed by atoms with Crippen LogP contribution in [0.4, 0.5) is 0 Å². The standard InChI is InChI=1S/C18H23N3O2/c1-2-6-15-10-16(9-14(15)5-1)21-18(19-13-20-21)12-22-11-17-7-3-4-8-23-17/h1-2,5-6,13,16-17H,3-4,7-12H2/t17-/m0/s1. The van der Waals surface area contributed by atoms with Crippen LogP contribution in [0.25, 0.3) is 0 Å². The van der Waals surface area contributed by atoms with Crippen LogP contribution in [-0.2, 0) is 28.9 Å². The molecule has 0 saturated carbocycles. The van der Waals surface area contributed by atoms with Crippen LogP contribution in [0.5, 0.6) is 0 Å². The lowest BCUT2D eigenvalue weighted by Gasteiger charge is -2.22. The number of nitrogens with zero attached hydrogens (tertiary/aromatic N) is 3. The lowest BCUT2D eigenvalue weighted by Crippen LogP contribution is -2.25. The number of rotatable bonds is 5. The quantitative estimate of drug-likeness (QED) is 0.851. The van der Waals surface area contributed by atoms with Gasteiger partial charge in [0.1, 0.15) is 12.9 Å². The van der Waals surface area contributed by atoms with Gasteiger partial charge in [-0.15, -0.1) is 0 Å². The van der Waals surface area contributed by atoms with Crippen LogP contribution < -0.4 is 0 Å². The average molecular weight is 313 g/mol. The monoisotopic (exact) mass is 313 g/mol. The lowest BCUT2D eigenvalue weighted by molar-refractivity contribution is -0.0464. The summed E-state index contributed by atoms with van der Waals surface area (Å²) < 4.78 is 13.6. The minimum absolute atomic E-state index is 0.246. The van der Waals surface area contributed by atoms with Crippen molar-refractivity contribution in [1.29, 1.82) is 0 Å². The van der Waals surface area contributed by atoms with Gasteiger partial charge in [-0.2, -0.15) is 5.10 Å². The second kappa shape index (κ2) is 6.81. The highest BCUT2D eigenvalue weighted by Gasteiger charge is 2.25. The highest BCUT2D eigenvalue weighted by Crippen LogP contribution is 2.30. The predicted molar refractivity (Wildman–Crippen MR) is 86.2 cm³/mol. The number of hydrogen-bond acceptors (Lipinski definition) is 4. The molecule has 4 rings (SSSR count). The molecule has 0 bridgehead atoms. The second-order valence-electron chi connectivity index (χ2n) is 6.46. The summed E-state index contributed by atoms with van der Waals surface area (Å²) in [6.07, 6.45) is 7.45. The minimum Gasteiger partial charge on any atom is -0.376 e. The summed E-state index contributed by atoms with van der Waals surface area (Å²) in [4.78, 5) is 4.39. The van der Waals surface area contributed by atoms with Gasteiger partial charge in [0.05, 0.1) is 18.8 Å². The number of aromatic nitrogens is 3. The summed E-state index contributed by atoms with van der Waals surface area (Å²) >= 11 is 0. The van der Waals surface area contributed by atoms with E-state index in [1.54, 1.807) is 6.33 Å². The molecular formula is C18H23N3O2. The van der Waals surface area contributed by atoms with E-state index in [0.29, 0.717) is 19.3 Å². The van der Waals surface area contributed by atoms with E-state index in [4.69, 9.17) is 9.47 Å². The molecule has 1 aromatic heterocycles. The van der Waals surface area contributed by atoms with Crippen molar-refractivity contribution in [2.24, 2.45) is 0 Å². The van der Waals surface area contributed by atoms with Gasteiger partial charge in [-0.3, -0.25) is 0 Å². The zero-order valence-corrected chi connectivity index (χ0v) is 13.4. The summed E-state index contributed by atoms with van der Waals surface area (Å²) in [6, 6.07) is 9.00. The molecule has 0 N–H and O–H groups in total. The molecule has 0 radical (unpaired) electrons. The normalized spacial score (nSPS) is 21.5. The van der Waals surface area contributed by atoms with Crippen molar-refractivity contribution in [3.05, 3.63) is 47.5 Å². The molecule has 0 amide bonds. The third kappa shape index (κ3) is 3.31. The molecule has 1 aromatic carbocycles. The molecule has 5 heteroatoms. The zero-order valence-electron chi connectivity index (χ0n) is 13.4. The summed E-state index contributed by atoms with van der Waals surface area (Å²) in [5.41, 5.74) is 2.85. The molecular weight excluding hydrogens is 290 g/mol. The van der Waals surface area contributed by atoms with E-state index in [9.17, 15) is 0 Å². The smallest absolute Gasteiger partial charge is 0.153 e. The first-order chi connectivity index (χ1) is 11.4. The third-order valence-electron chi connectivity index (χ3n) is 4.83. The van der Waals surface area contributed by atoms with E-state index in [0.717, 1.165) is 31.7 Å². The Labute approximate surface area is 136 Å². The maximum Gasteiger partial charge on any atom is 0.153 e. The first kappa shape index (κ1) is 14.8. The van der Waals surface area contributed by atoms with Gasteiger partial charge in [0.2, 0.25) is 0 Å². The molecule has 0 spiro atoms. The summed E-state index contributed by atoms with van der Waals surface area (Å²) in [5.74, 6) is 0.915. The van der Waals surface area contributed by atoms with Crippen LogP contribution in [0.1, 0.15) is 42.3 Å². The van der Waals surface area contributed by atoms with E-state index >= 15 is 0 Å². The zero-order chi connectivity index (χ0) is 15.5. The van der Waals surface area contributed by atoms with Gasteiger partial charge in [-0.05, 0) is 43.2 Å². The predicted octanol–water partition coefficient (Wildman–Crippen LogP) is 2.70. The van der Waals surface area contributed by atoms with Gasteiger partial charge in [-0.25, -0.2) is 9.67 Å². The van der Waals surface area contributed by atoms with Crippen LogP contribution in [0.3, 0.4) is 0 Å². The van der Waals surface area contributed by atoms with E-state index in [-0.39, 0.29) is 6.10 Å².